The minimum Gasteiger partial charge on any atom is -0.386 e. The number of aromatic nitrogens is 10. The number of fused-ring (bicyclic) bond motifs is 14. The summed E-state index contributed by atoms with van der Waals surface area (Å²) < 4.78 is 4.20. The van der Waals surface area contributed by atoms with Crippen molar-refractivity contribution in [3.63, 3.8) is 0 Å². The van der Waals surface area contributed by atoms with Crippen molar-refractivity contribution in [3.8, 4) is 45.0 Å². The summed E-state index contributed by atoms with van der Waals surface area (Å²) in [5.74, 6) is 2.40. The molecule has 0 aliphatic carbocycles. The summed E-state index contributed by atoms with van der Waals surface area (Å²) in [4.78, 5) is 75.5. The summed E-state index contributed by atoms with van der Waals surface area (Å²) >= 11 is -1.11. The summed E-state index contributed by atoms with van der Waals surface area (Å²) in [6.45, 7) is 9.07. The molecule has 17 heteroatoms. The topological polar surface area (TPSA) is 187 Å². The fourth-order valence-electron chi connectivity index (χ4n) is 13.7. The Morgan fingerprint density at radius 2 is 0.577 bits per heavy atom. The summed E-state index contributed by atoms with van der Waals surface area (Å²) in [6.07, 6.45) is 41.7. The molecule has 0 unspecified atom stereocenters. The number of aliphatic imine (C=N–C) groups is 4. The summed E-state index contributed by atoms with van der Waals surface area (Å²) in [5, 5.41) is 0. The molecule has 0 spiro atoms. The molecule has 1 radical (unpaired) electrons. The van der Waals surface area contributed by atoms with Crippen molar-refractivity contribution in [1.29, 1.82) is 0 Å². The van der Waals surface area contributed by atoms with Gasteiger partial charge in [-0.3, -0.25) is 0 Å². The van der Waals surface area contributed by atoms with Crippen LogP contribution in [0.5, 0.6) is 0 Å². The van der Waals surface area contributed by atoms with E-state index in [1.807, 2.05) is 24.8 Å². The molecule has 4 aromatic carbocycles. The third-order valence-corrected chi connectivity index (χ3v) is 20.9. The zero-order valence-electron chi connectivity index (χ0n) is 57.1. The van der Waals surface area contributed by atoms with Gasteiger partial charge >= 0.3 is 15.7 Å². The van der Waals surface area contributed by atoms with E-state index < -0.39 is 15.7 Å². The molecule has 4 aliphatic rings. The van der Waals surface area contributed by atoms with Gasteiger partial charge in [0.15, 0.2) is 23.3 Å². The molecule has 491 valence electrons. The molecule has 0 saturated heterocycles. The zero-order valence-corrected chi connectivity index (χ0v) is 58.2. The Morgan fingerprint density at radius 3 is 0.990 bits per heavy atom. The van der Waals surface area contributed by atoms with Gasteiger partial charge in [0.1, 0.15) is 67.5 Å². The molecule has 0 N–H and O–H groups in total. The lowest BCUT2D eigenvalue weighted by atomic mass is 10.0. The molecule has 16 nitrogen and oxygen atoms in total. The predicted octanol–water partition coefficient (Wildman–Crippen LogP) is 17.9. The minimum absolute atomic E-state index is 0.349. The first kappa shape index (κ1) is 65.4. The lowest BCUT2D eigenvalue weighted by Crippen LogP contribution is -2.37. The normalized spacial score (nSPS) is 13.4. The standard InChI is InChI=1S/C80H88N16.Al/c1-5-9-13-17-21-25-29-53-33-41-57(42-34-53)61-49-81-65-69(85-61)77-89-73(65)94-78-71-67(83-51-63(87-71)59-45-37-55(38-46-59)31-27-23-19-15-11-7-3)75(91-78)96-80-72-68(84-52-64(88-72)60-47-39-56(40-48-60)32-28-24-20-16-12-8-4)76(92-80)95-79-70-66(74(90-79)93-77)82-50-62(86-70)58-43-35-54(36-44-58)30-26-22-18-14-10-6-2;/h33-52H,5-32H2,1-4H3;/q-2;+2. The molecule has 97 heavy (non-hydrogen) atoms. The molecule has 0 fully saturated rings. The number of hydrogen-bond acceptors (Lipinski definition) is 14. The van der Waals surface area contributed by atoms with Crippen LogP contribution in [0.25, 0.3) is 67.1 Å². The third kappa shape index (κ3) is 14.7. The monoisotopic (exact) mass is 1300 g/mol. The van der Waals surface area contributed by atoms with Crippen molar-refractivity contribution in [1.82, 2.24) is 47.0 Å². The highest BCUT2D eigenvalue weighted by Crippen LogP contribution is 2.40. The lowest BCUT2D eigenvalue weighted by Gasteiger charge is -2.10. The molecule has 10 heterocycles. The first-order chi connectivity index (χ1) is 47.9. The van der Waals surface area contributed by atoms with Crippen LogP contribution in [0.15, 0.2) is 152 Å². The van der Waals surface area contributed by atoms with Crippen LogP contribution in [-0.4, -0.2) is 86.0 Å². The summed E-state index contributed by atoms with van der Waals surface area (Å²) in [7, 11) is 0. The molecular formula is C80H88AlN16. The highest BCUT2D eigenvalue weighted by Gasteiger charge is 2.35. The Morgan fingerprint density at radius 1 is 0.268 bits per heavy atom. The third-order valence-electron chi connectivity index (χ3n) is 19.5. The number of nitrogens with zero attached hydrogens (tertiary/aromatic N) is 16. The molecule has 0 atom stereocenters. The van der Waals surface area contributed by atoms with Gasteiger partial charge in [-0.15, -0.1) is 0 Å². The van der Waals surface area contributed by atoms with Crippen LogP contribution in [0.3, 0.4) is 0 Å². The van der Waals surface area contributed by atoms with Crippen LogP contribution >= 0.6 is 0 Å². The van der Waals surface area contributed by atoms with Gasteiger partial charge in [0.2, 0.25) is 0 Å². The predicted molar refractivity (Wildman–Crippen MR) is 394 cm³/mol. The Labute approximate surface area is 576 Å². The fraction of sp³-hybridized carbons (Fsp3) is 0.400. The summed E-state index contributed by atoms with van der Waals surface area (Å²) in [6, 6.07) is 35.0. The minimum atomic E-state index is -1.11. The van der Waals surface area contributed by atoms with Crippen LogP contribution in [0, 0.1) is 0 Å². The van der Waals surface area contributed by atoms with Gasteiger partial charge in [-0.1, -0.05) is 253 Å². The maximum absolute atomic E-state index is 5.55. The highest BCUT2D eigenvalue weighted by molar-refractivity contribution is 6.37. The number of unbranched alkanes of at least 4 members (excludes halogenated alkanes) is 20. The van der Waals surface area contributed by atoms with Gasteiger partial charge in [-0.2, -0.15) is 0 Å². The maximum atomic E-state index is 5.55. The first-order valence-corrected chi connectivity index (χ1v) is 37.5. The number of rotatable bonds is 32. The van der Waals surface area contributed by atoms with Gasteiger partial charge < -0.3 is 7.10 Å². The largest absolute Gasteiger partial charge is 0.569 e. The van der Waals surface area contributed by atoms with Crippen molar-refractivity contribution in [2.75, 3.05) is 0 Å². The van der Waals surface area contributed by atoms with Crippen molar-refractivity contribution >= 4 is 72.7 Å². The average molecular weight is 1300 g/mol. The Kier molecular flexibility index (Phi) is 21.0. The zero-order chi connectivity index (χ0) is 65.9. The molecule has 6 aromatic heterocycles. The average Bonchev–Trinajstić information content (AvgIpc) is 1.56. The summed E-state index contributed by atoms with van der Waals surface area (Å²) in [5.41, 5.74) is 17.0. The molecule has 10 aromatic rings. The molecule has 0 amide bonds. The molecular weight excluding hydrogens is 1210 g/mol. The van der Waals surface area contributed by atoms with Crippen LogP contribution < -0.4 is 11.0 Å². The number of hydrogen-bond donors (Lipinski definition) is 0. The van der Waals surface area contributed by atoms with E-state index in [0.717, 1.165) is 47.9 Å². The van der Waals surface area contributed by atoms with Crippen molar-refractivity contribution < 1.29 is 0 Å². The van der Waals surface area contributed by atoms with Crippen LogP contribution in [0.1, 0.15) is 227 Å². The number of aryl methyl sites for hydroxylation is 4. The molecule has 6 bridgehead atoms. The van der Waals surface area contributed by atoms with E-state index in [-0.39, 0.29) is 0 Å². The van der Waals surface area contributed by atoms with E-state index in [9.17, 15) is 0 Å². The van der Waals surface area contributed by atoms with E-state index in [0.29, 0.717) is 114 Å². The van der Waals surface area contributed by atoms with Gasteiger partial charge in [0.05, 0.1) is 47.6 Å². The van der Waals surface area contributed by atoms with Gasteiger partial charge in [0.25, 0.3) is 0 Å². The van der Waals surface area contributed by atoms with E-state index in [2.05, 4.69) is 132 Å². The second-order valence-electron chi connectivity index (χ2n) is 26.8. The molecule has 14 rings (SSSR count). The van der Waals surface area contributed by atoms with Gasteiger partial charge in [0, 0.05) is 22.3 Å². The molecule has 0 saturated carbocycles. The van der Waals surface area contributed by atoms with Crippen LogP contribution in [-0.2, 0) is 25.7 Å². The van der Waals surface area contributed by atoms with Crippen molar-refractivity contribution in [3.05, 3.63) is 178 Å². The number of amidine groups is 4. The maximum Gasteiger partial charge on any atom is 0.569 e. The number of benzene rings is 4. The second kappa shape index (κ2) is 31.1. The molecule has 4 aliphatic heterocycles. The second-order valence-corrected chi connectivity index (χ2v) is 28.0. The van der Waals surface area contributed by atoms with Crippen LogP contribution in [0.4, 0.5) is 11.6 Å². The van der Waals surface area contributed by atoms with E-state index in [1.165, 1.54) is 176 Å². The van der Waals surface area contributed by atoms with E-state index >= 15 is 0 Å². The van der Waals surface area contributed by atoms with E-state index in [4.69, 9.17) is 69.8 Å². The Balaban J connectivity index is 0.918. The van der Waals surface area contributed by atoms with Crippen LogP contribution in [0.2, 0.25) is 0 Å². The quantitative estimate of drug-likeness (QED) is 0.0294. The van der Waals surface area contributed by atoms with E-state index in [1.54, 1.807) is 0 Å². The van der Waals surface area contributed by atoms with Gasteiger partial charge in [-0.25, -0.2) is 69.8 Å². The van der Waals surface area contributed by atoms with Crippen molar-refractivity contribution in [2.45, 2.75) is 207 Å². The smallest absolute Gasteiger partial charge is 0.386 e. The fourth-order valence-corrected chi connectivity index (χ4v) is 15.1. The highest BCUT2D eigenvalue weighted by atomic mass is 27.1. The van der Waals surface area contributed by atoms with Gasteiger partial charge in [-0.05, 0) is 73.6 Å². The SMILES string of the molecule is CCCCCCCCc1ccc(-c2cnc3c(n2)C2=NC3=Nc3c4nc(-c5ccc(CCCCCCCC)cc5)cnc4c4[n]3[Al][n]3c(c5ncc(-c6ccc(CCCCCCCC)cc6)nc5c3=NC3=NC(=N4)c4nc(-c5ccc(CCCCCCCC)cc5)cnc43)=N2)cc1. The first-order valence-electron chi connectivity index (χ1n) is 36.5. The Hall–Kier alpha value is -8.91. The van der Waals surface area contributed by atoms with Crippen molar-refractivity contribution in [2.24, 2.45) is 30.0 Å². The Bertz CT molecular complexity index is 4710. The lowest BCUT2D eigenvalue weighted by molar-refractivity contribution is 0.607.